The molecule has 0 bridgehead atoms. The van der Waals surface area contributed by atoms with Crippen LogP contribution in [0, 0.1) is 0 Å². The molecule has 1 aliphatic rings. The van der Waals surface area contributed by atoms with Crippen molar-refractivity contribution in [3.8, 4) is 21.8 Å². The first kappa shape index (κ1) is 20.0. The lowest BCUT2D eigenvalue weighted by molar-refractivity contribution is 0.593. The molecule has 0 spiro atoms. The highest BCUT2D eigenvalue weighted by Crippen LogP contribution is 2.35. The van der Waals surface area contributed by atoms with Gasteiger partial charge in [0.25, 0.3) is 0 Å². The molecule has 2 aromatic carbocycles. The van der Waals surface area contributed by atoms with Gasteiger partial charge in [0.2, 0.25) is 20.0 Å². The molecule has 0 unspecified atom stereocenters. The van der Waals surface area contributed by atoms with E-state index in [1.807, 2.05) is 23.6 Å². The third-order valence-corrected chi connectivity index (χ3v) is 8.46. The summed E-state index contributed by atoms with van der Waals surface area (Å²) in [5, 5.41) is 7.83. The molecule has 29 heavy (non-hydrogen) atoms. The van der Waals surface area contributed by atoms with E-state index in [1.54, 1.807) is 19.1 Å². The van der Waals surface area contributed by atoms with Crippen molar-refractivity contribution in [2.75, 3.05) is 16.6 Å². The molecule has 0 saturated heterocycles. The van der Waals surface area contributed by atoms with Crippen molar-refractivity contribution >= 4 is 37.1 Å². The van der Waals surface area contributed by atoms with Crippen LogP contribution in [0.25, 0.3) is 21.8 Å². The Hall–Kier alpha value is -2.27. The summed E-state index contributed by atoms with van der Waals surface area (Å²) < 4.78 is 48.7. The van der Waals surface area contributed by atoms with Gasteiger partial charge in [0.05, 0.1) is 22.0 Å². The topological polar surface area (TPSA) is 110 Å². The van der Waals surface area contributed by atoms with Gasteiger partial charge in [0, 0.05) is 23.1 Å². The molecule has 4 rings (SSSR count). The van der Waals surface area contributed by atoms with E-state index in [2.05, 4.69) is 4.98 Å². The maximum Gasteiger partial charge on any atom is 0.238 e. The van der Waals surface area contributed by atoms with Crippen LogP contribution in [0.15, 0.2) is 52.7 Å². The number of hydrogen-bond acceptors (Lipinski definition) is 6. The quantitative estimate of drug-likeness (QED) is 0.644. The summed E-state index contributed by atoms with van der Waals surface area (Å²) >= 11 is 1.45. The zero-order valence-corrected chi connectivity index (χ0v) is 18.0. The predicted octanol–water partition coefficient (Wildman–Crippen LogP) is 2.84. The second-order valence-corrected chi connectivity index (χ2v) is 11.3. The smallest absolute Gasteiger partial charge is 0.238 e. The number of thiazole rings is 1. The Labute approximate surface area is 173 Å². The van der Waals surface area contributed by atoms with Crippen molar-refractivity contribution in [1.82, 2.24) is 4.98 Å². The average Bonchev–Trinajstić information content (AvgIpc) is 3.34. The maximum absolute atomic E-state index is 12.2. The van der Waals surface area contributed by atoms with Crippen molar-refractivity contribution in [3.05, 3.63) is 53.4 Å². The van der Waals surface area contributed by atoms with E-state index in [4.69, 9.17) is 5.14 Å². The number of primary sulfonamides is 1. The Morgan fingerprint density at radius 1 is 1.07 bits per heavy atom. The molecule has 0 fully saturated rings. The van der Waals surface area contributed by atoms with Gasteiger partial charge in [0.1, 0.15) is 5.01 Å². The van der Waals surface area contributed by atoms with Crippen LogP contribution in [0.2, 0.25) is 0 Å². The highest BCUT2D eigenvalue weighted by molar-refractivity contribution is 7.92. The number of benzene rings is 2. The fourth-order valence-electron chi connectivity index (χ4n) is 3.30. The monoisotopic (exact) mass is 449 g/mol. The summed E-state index contributed by atoms with van der Waals surface area (Å²) in [5.41, 5.74) is 4.24. The van der Waals surface area contributed by atoms with Crippen LogP contribution >= 0.6 is 11.3 Å². The first-order chi connectivity index (χ1) is 13.7. The molecular formula is C19H19N3O4S3. The van der Waals surface area contributed by atoms with Gasteiger partial charge in [-0.05, 0) is 43.2 Å². The summed E-state index contributed by atoms with van der Waals surface area (Å²) in [5.74, 6) is 0.0773. The van der Waals surface area contributed by atoms with Gasteiger partial charge in [0.15, 0.2) is 0 Å². The molecule has 1 aromatic heterocycles. The minimum Gasteiger partial charge on any atom is -0.270 e. The Kier molecular flexibility index (Phi) is 4.97. The molecule has 10 heteroatoms. The zero-order chi connectivity index (χ0) is 20.8. The van der Waals surface area contributed by atoms with Gasteiger partial charge in [-0.15, -0.1) is 11.3 Å². The van der Waals surface area contributed by atoms with Gasteiger partial charge in [-0.3, -0.25) is 4.31 Å². The minimum atomic E-state index is -3.73. The molecule has 7 nitrogen and oxygen atoms in total. The van der Waals surface area contributed by atoms with Gasteiger partial charge >= 0.3 is 0 Å². The number of hydrogen-bond donors (Lipinski definition) is 1. The molecule has 0 radical (unpaired) electrons. The maximum atomic E-state index is 12.2. The molecule has 0 aliphatic carbocycles. The van der Waals surface area contributed by atoms with E-state index >= 15 is 0 Å². The van der Waals surface area contributed by atoms with Crippen molar-refractivity contribution < 1.29 is 16.8 Å². The van der Waals surface area contributed by atoms with E-state index in [9.17, 15) is 16.8 Å². The van der Waals surface area contributed by atoms with Crippen LogP contribution in [0.3, 0.4) is 0 Å². The highest BCUT2D eigenvalue weighted by Gasteiger charge is 2.28. The van der Waals surface area contributed by atoms with Gasteiger partial charge < -0.3 is 0 Å². The Morgan fingerprint density at radius 3 is 2.41 bits per heavy atom. The van der Waals surface area contributed by atoms with E-state index in [1.165, 1.54) is 27.8 Å². The Bertz CT molecular complexity index is 1280. The van der Waals surface area contributed by atoms with E-state index in [0.29, 0.717) is 13.0 Å². The summed E-state index contributed by atoms with van der Waals surface area (Å²) in [4.78, 5) is 4.72. The summed E-state index contributed by atoms with van der Waals surface area (Å²) in [6, 6.07) is 12.0. The molecule has 3 aromatic rings. The number of nitrogens with zero attached hydrogens (tertiary/aromatic N) is 2. The number of rotatable bonds is 5. The number of fused-ring (bicyclic) bond motifs is 1. The molecule has 0 amide bonds. The average molecular weight is 450 g/mol. The second-order valence-electron chi connectivity index (χ2n) is 6.67. The van der Waals surface area contributed by atoms with Gasteiger partial charge in [-0.25, -0.2) is 27.0 Å². The lowest BCUT2D eigenvalue weighted by atomic mass is 10.1. The molecule has 0 saturated carbocycles. The SMILES string of the molecule is CCS(=O)(=O)N1CCc2cc(-c3csc(-c4ccc(S(N)(=O)=O)cc4)n3)ccc21. The first-order valence-electron chi connectivity index (χ1n) is 8.91. The third kappa shape index (κ3) is 3.80. The summed E-state index contributed by atoms with van der Waals surface area (Å²) in [6.45, 7) is 2.11. The van der Waals surface area contributed by atoms with Crippen molar-refractivity contribution in [2.45, 2.75) is 18.2 Å². The number of anilines is 1. The van der Waals surface area contributed by atoms with Crippen molar-refractivity contribution in [1.29, 1.82) is 0 Å². The van der Waals surface area contributed by atoms with Crippen molar-refractivity contribution in [2.24, 2.45) is 5.14 Å². The molecule has 2 heterocycles. The first-order valence-corrected chi connectivity index (χ1v) is 12.9. The van der Waals surface area contributed by atoms with Crippen LogP contribution in [-0.4, -0.2) is 34.1 Å². The zero-order valence-electron chi connectivity index (χ0n) is 15.6. The van der Waals surface area contributed by atoms with Crippen LogP contribution in [0.5, 0.6) is 0 Å². The molecular weight excluding hydrogens is 430 g/mol. The number of sulfonamides is 2. The third-order valence-electron chi connectivity index (χ3n) is 4.86. The number of aromatic nitrogens is 1. The van der Waals surface area contributed by atoms with Crippen molar-refractivity contribution in [3.63, 3.8) is 0 Å². The summed E-state index contributed by atoms with van der Waals surface area (Å²) in [7, 11) is -6.99. The summed E-state index contributed by atoms with van der Waals surface area (Å²) in [6.07, 6.45) is 0.675. The number of nitrogens with two attached hydrogens (primary N) is 1. The van der Waals surface area contributed by atoms with Crippen LogP contribution in [-0.2, 0) is 26.5 Å². The van der Waals surface area contributed by atoms with Gasteiger partial charge in [-0.1, -0.05) is 18.2 Å². The Morgan fingerprint density at radius 2 is 1.76 bits per heavy atom. The van der Waals surface area contributed by atoms with Crippen LogP contribution in [0.1, 0.15) is 12.5 Å². The van der Waals surface area contributed by atoms with E-state index < -0.39 is 20.0 Å². The fraction of sp³-hybridized carbons (Fsp3) is 0.211. The Balaban J connectivity index is 1.63. The van der Waals surface area contributed by atoms with Crippen LogP contribution in [0.4, 0.5) is 5.69 Å². The van der Waals surface area contributed by atoms with E-state index in [-0.39, 0.29) is 10.6 Å². The standard InChI is InChI=1S/C19H19N3O4S3/c1-2-28(23,24)22-10-9-15-11-14(5-8-18(15)22)17-12-27-19(21-17)13-3-6-16(7-4-13)29(20,25)26/h3-8,11-12H,2,9-10H2,1H3,(H2,20,25,26). The molecule has 0 atom stereocenters. The molecule has 1 aliphatic heterocycles. The second kappa shape index (κ2) is 7.21. The largest absolute Gasteiger partial charge is 0.270 e. The molecule has 2 N–H and O–H groups in total. The highest BCUT2D eigenvalue weighted by atomic mass is 32.2. The fourth-order valence-corrected chi connectivity index (χ4v) is 5.81. The van der Waals surface area contributed by atoms with E-state index in [0.717, 1.165) is 33.1 Å². The lowest BCUT2D eigenvalue weighted by Crippen LogP contribution is -2.30. The molecule has 152 valence electrons. The normalized spacial score (nSPS) is 14.2. The minimum absolute atomic E-state index is 0.0586. The lowest BCUT2D eigenvalue weighted by Gasteiger charge is -2.18. The predicted molar refractivity (Wildman–Crippen MR) is 115 cm³/mol. The van der Waals surface area contributed by atoms with Crippen LogP contribution < -0.4 is 9.44 Å². The van der Waals surface area contributed by atoms with Gasteiger partial charge in [-0.2, -0.15) is 0 Å².